The zero-order valence-electron chi connectivity index (χ0n) is 12.0. The predicted octanol–water partition coefficient (Wildman–Crippen LogP) is 1.66. The second-order valence-electron chi connectivity index (χ2n) is 5.21. The van der Waals surface area contributed by atoms with Crippen LogP contribution in [0.3, 0.4) is 0 Å². The lowest BCUT2D eigenvalue weighted by molar-refractivity contribution is -0.118. The van der Waals surface area contributed by atoms with Gasteiger partial charge >= 0.3 is 0 Å². The summed E-state index contributed by atoms with van der Waals surface area (Å²) in [6, 6.07) is 3.57. The van der Waals surface area contributed by atoms with Crippen LogP contribution in [0.5, 0.6) is 0 Å². The topological polar surface area (TPSA) is 71.8 Å². The molecule has 2 N–H and O–H groups in total. The number of aryl methyl sites for hydroxylation is 1. The third-order valence-electron chi connectivity index (χ3n) is 3.73. The Hall–Kier alpha value is -2.21. The van der Waals surface area contributed by atoms with Crippen LogP contribution in [0.4, 0.5) is 5.69 Å². The lowest BCUT2D eigenvalue weighted by Crippen LogP contribution is -2.43. The van der Waals surface area contributed by atoms with Crippen LogP contribution in [-0.2, 0) is 4.79 Å². The van der Waals surface area contributed by atoms with Crippen molar-refractivity contribution in [3.63, 3.8) is 0 Å². The molecule has 1 aliphatic rings. The second-order valence-corrected chi connectivity index (χ2v) is 5.21. The van der Waals surface area contributed by atoms with E-state index in [1.54, 1.807) is 12.4 Å². The van der Waals surface area contributed by atoms with E-state index in [1.165, 1.54) is 0 Å². The lowest BCUT2D eigenvalue weighted by atomic mass is 10.0. The zero-order chi connectivity index (χ0) is 14.7. The van der Waals surface area contributed by atoms with E-state index in [9.17, 15) is 4.79 Å². The van der Waals surface area contributed by atoms with Crippen molar-refractivity contribution in [3.05, 3.63) is 36.5 Å². The van der Waals surface area contributed by atoms with E-state index < -0.39 is 0 Å². The van der Waals surface area contributed by atoms with E-state index >= 15 is 0 Å². The molecule has 2 aromatic rings. The Morgan fingerprint density at radius 3 is 3.00 bits per heavy atom. The van der Waals surface area contributed by atoms with Crippen molar-refractivity contribution >= 4 is 11.6 Å². The quantitative estimate of drug-likeness (QED) is 0.899. The third-order valence-corrected chi connectivity index (χ3v) is 3.73. The Kier molecular flexibility index (Phi) is 3.96. The van der Waals surface area contributed by atoms with Gasteiger partial charge in [0.25, 0.3) is 0 Å². The van der Waals surface area contributed by atoms with Crippen molar-refractivity contribution in [2.45, 2.75) is 32.2 Å². The summed E-state index contributed by atoms with van der Waals surface area (Å²) in [5.41, 5.74) is 0.705. The normalized spacial score (nSPS) is 18.4. The Morgan fingerprint density at radius 1 is 1.38 bits per heavy atom. The SMILES string of the molecule is Cc1nccn1-c1ncccc1NC(=O)[C@H]1CCCCN1. The molecular weight excluding hydrogens is 266 g/mol. The molecule has 1 fully saturated rings. The minimum atomic E-state index is -0.115. The highest BCUT2D eigenvalue weighted by atomic mass is 16.2. The van der Waals surface area contributed by atoms with E-state index in [0.717, 1.165) is 31.6 Å². The molecule has 0 radical (unpaired) electrons. The number of imidazole rings is 1. The third kappa shape index (κ3) is 2.95. The standard InChI is InChI=1S/C15H19N5O/c1-11-16-9-10-20(11)14-12(6-4-8-18-14)19-15(21)13-5-2-3-7-17-13/h4,6,8-10,13,17H,2-3,5,7H2,1H3,(H,19,21)/t13-/m1/s1. The largest absolute Gasteiger partial charge is 0.322 e. The summed E-state index contributed by atoms with van der Waals surface area (Å²) in [5.74, 6) is 1.53. The highest BCUT2D eigenvalue weighted by Gasteiger charge is 2.21. The summed E-state index contributed by atoms with van der Waals surface area (Å²) < 4.78 is 1.86. The zero-order valence-corrected chi connectivity index (χ0v) is 12.0. The Balaban J connectivity index is 1.82. The molecule has 110 valence electrons. The maximum absolute atomic E-state index is 12.3. The summed E-state index contributed by atoms with van der Waals surface area (Å²) in [6.07, 6.45) is 8.38. The molecule has 0 bridgehead atoms. The number of amides is 1. The summed E-state index contributed by atoms with van der Waals surface area (Å²) >= 11 is 0. The molecule has 6 heteroatoms. The first-order valence-electron chi connectivity index (χ1n) is 7.25. The predicted molar refractivity (Wildman–Crippen MR) is 80.4 cm³/mol. The van der Waals surface area contributed by atoms with Gasteiger partial charge < -0.3 is 10.6 Å². The second kappa shape index (κ2) is 6.05. The van der Waals surface area contributed by atoms with Crippen LogP contribution in [0.2, 0.25) is 0 Å². The number of carbonyl (C=O) groups is 1. The van der Waals surface area contributed by atoms with Gasteiger partial charge in [0.05, 0.1) is 11.7 Å². The van der Waals surface area contributed by atoms with E-state index in [1.807, 2.05) is 29.8 Å². The van der Waals surface area contributed by atoms with Crippen LogP contribution < -0.4 is 10.6 Å². The Bertz CT molecular complexity index is 630. The van der Waals surface area contributed by atoms with Crippen molar-refractivity contribution in [1.29, 1.82) is 0 Å². The van der Waals surface area contributed by atoms with Gasteiger partial charge in [-0.2, -0.15) is 0 Å². The van der Waals surface area contributed by atoms with E-state index in [4.69, 9.17) is 0 Å². The molecule has 0 aliphatic carbocycles. The molecule has 6 nitrogen and oxygen atoms in total. The van der Waals surface area contributed by atoms with Gasteiger partial charge in [0.1, 0.15) is 5.82 Å². The molecule has 21 heavy (non-hydrogen) atoms. The van der Waals surface area contributed by atoms with Crippen molar-refractivity contribution < 1.29 is 4.79 Å². The number of rotatable bonds is 3. The van der Waals surface area contributed by atoms with E-state index in [-0.39, 0.29) is 11.9 Å². The number of carbonyl (C=O) groups excluding carboxylic acids is 1. The van der Waals surface area contributed by atoms with E-state index in [2.05, 4.69) is 20.6 Å². The van der Waals surface area contributed by atoms with Gasteiger partial charge in [0.15, 0.2) is 5.82 Å². The van der Waals surface area contributed by atoms with Crippen LogP contribution in [-0.4, -0.2) is 33.0 Å². The number of nitrogens with one attached hydrogen (secondary N) is 2. The fourth-order valence-corrected chi connectivity index (χ4v) is 2.58. The minimum Gasteiger partial charge on any atom is -0.322 e. The fraction of sp³-hybridized carbons (Fsp3) is 0.400. The average Bonchev–Trinajstić information content (AvgIpc) is 2.95. The highest BCUT2D eigenvalue weighted by molar-refractivity contribution is 5.96. The van der Waals surface area contributed by atoms with Crippen LogP contribution in [0, 0.1) is 6.92 Å². The molecular formula is C15H19N5O. The van der Waals surface area contributed by atoms with Gasteiger partial charge in [0.2, 0.25) is 5.91 Å². The molecule has 3 rings (SSSR count). The maximum atomic E-state index is 12.3. The monoisotopic (exact) mass is 285 g/mol. The van der Waals surface area contributed by atoms with Crippen molar-refractivity contribution in [1.82, 2.24) is 19.9 Å². The van der Waals surface area contributed by atoms with Crippen LogP contribution in [0.25, 0.3) is 5.82 Å². The van der Waals surface area contributed by atoms with Crippen molar-refractivity contribution in [2.24, 2.45) is 0 Å². The molecule has 2 aromatic heterocycles. The molecule has 1 saturated heterocycles. The molecule has 1 atom stereocenters. The average molecular weight is 285 g/mol. The number of nitrogens with zero attached hydrogens (tertiary/aromatic N) is 3. The maximum Gasteiger partial charge on any atom is 0.241 e. The molecule has 1 aliphatic heterocycles. The van der Waals surface area contributed by atoms with Crippen LogP contribution in [0.15, 0.2) is 30.7 Å². The first-order chi connectivity index (χ1) is 10.3. The van der Waals surface area contributed by atoms with Crippen molar-refractivity contribution in [2.75, 3.05) is 11.9 Å². The first-order valence-corrected chi connectivity index (χ1v) is 7.25. The number of aromatic nitrogens is 3. The number of anilines is 1. The Morgan fingerprint density at radius 2 is 2.29 bits per heavy atom. The molecule has 0 saturated carbocycles. The fourth-order valence-electron chi connectivity index (χ4n) is 2.58. The van der Waals surface area contributed by atoms with Gasteiger partial charge in [-0.25, -0.2) is 9.97 Å². The van der Waals surface area contributed by atoms with Crippen molar-refractivity contribution in [3.8, 4) is 5.82 Å². The highest BCUT2D eigenvalue weighted by Crippen LogP contribution is 2.19. The molecule has 3 heterocycles. The minimum absolute atomic E-state index is 0.00159. The summed E-state index contributed by atoms with van der Waals surface area (Å²) in [7, 11) is 0. The van der Waals surface area contributed by atoms with Crippen LogP contribution >= 0.6 is 0 Å². The number of pyridine rings is 1. The van der Waals surface area contributed by atoms with Gasteiger partial charge in [0, 0.05) is 18.6 Å². The summed E-state index contributed by atoms with van der Waals surface area (Å²) in [5, 5.41) is 6.24. The van der Waals surface area contributed by atoms with Crippen LogP contribution in [0.1, 0.15) is 25.1 Å². The smallest absolute Gasteiger partial charge is 0.241 e. The molecule has 0 spiro atoms. The van der Waals surface area contributed by atoms with Gasteiger partial charge in [-0.1, -0.05) is 6.42 Å². The summed E-state index contributed by atoms with van der Waals surface area (Å²) in [4.78, 5) is 20.9. The Labute approximate surface area is 123 Å². The van der Waals surface area contributed by atoms with Gasteiger partial charge in [-0.15, -0.1) is 0 Å². The summed E-state index contributed by atoms with van der Waals surface area (Å²) in [6.45, 7) is 2.81. The van der Waals surface area contributed by atoms with Gasteiger partial charge in [-0.05, 0) is 38.4 Å². The molecule has 1 amide bonds. The number of hydrogen-bond acceptors (Lipinski definition) is 4. The molecule has 0 unspecified atom stereocenters. The number of piperidine rings is 1. The van der Waals surface area contributed by atoms with E-state index in [0.29, 0.717) is 11.5 Å². The lowest BCUT2D eigenvalue weighted by Gasteiger charge is -2.23. The first kappa shape index (κ1) is 13.8. The molecule has 0 aromatic carbocycles. The number of hydrogen-bond donors (Lipinski definition) is 2. The van der Waals surface area contributed by atoms with Gasteiger partial charge in [-0.3, -0.25) is 9.36 Å².